The molecule has 0 saturated carbocycles. The fraction of sp³-hybridized carbons (Fsp3) is 0.703. The van der Waals surface area contributed by atoms with Crippen LogP contribution in [0.2, 0.25) is 0 Å². The van der Waals surface area contributed by atoms with Gasteiger partial charge in [0.25, 0.3) is 0 Å². The van der Waals surface area contributed by atoms with E-state index in [1.165, 1.54) is 0 Å². The predicted molar refractivity (Wildman–Crippen MR) is 200 cm³/mol. The van der Waals surface area contributed by atoms with Gasteiger partial charge in [0.2, 0.25) is 23.6 Å². The second kappa shape index (κ2) is 21.1. The van der Waals surface area contributed by atoms with E-state index < -0.39 is 87.1 Å². The Bertz CT molecular complexity index is 1430. The lowest BCUT2D eigenvalue weighted by atomic mass is 9.91. The molecule has 1 rings (SSSR count). The number of carbonyl (C=O) groups excluding carboxylic acids is 5. The first-order valence-electron chi connectivity index (χ1n) is 18.0. The number of carbonyl (C=O) groups is 5. The van der Waals surface area contributed by atoms with Gasteiger partial charge in [-0.2, -0.15) is 0 Å². The maximum absolute atomic E-state index is 13.7. The number of aliphatic hydroxyl groups is 1. The van der Waals surface area contributed by atoms with Crippen molar-refractivity contribution in [2.24, 2.45) is 23.7 Å². The van der Waals surface area contributed by atoms with E-state index in [1.54, 1.807) is 41.5 Å². The van der Waals surface area contributed by atoms with Gasteiger partial charge in [-0.3, -0.25) is 19.2 Å². The summed E-state index contributed by atoms with van der Waals surface area (Å²) in [5, 5.41) is 24.9. The molecule has 6 N–H and O–H groups in total. The minimum absolute atomic E-state index is 0.00451. The molecule has 0 fully saturated rings. The van der Waals surface area contributed by atoms with Crippen LogP contribution in [-0.2, 0) is 40.3 Å². The molecule has 14 nitrogen and oxygen atoms in total. The van der Waals surface area contributed by atoms with Crippen molar-refractivity contribution >= 4 is 39.6 Å². The summed E-state index contributed by atoms with van der Waals surface area (Å²) in [6.45, 7) is 17.7. The molecule has 6 atom stereocenters. The molecular weight excluding hydrogens is 690 g/mol. The van der Waals surface area contributed by atoms with Crippen molar-refractivity contribution in [1.82, 2.24) is 26.6 Å². The number of hydrogen-bond donors (Lipinski definition) is 6. The lowest BCUT2D eigenvalue weighted by molar-refractivity contribution is -0.133. The molecule has 1 aromatic carbocycles. The minimum Gasteiger partial charge on any atom is -0.444 e. The van der Waals surface area contributed by atoms with E-state index in [1.807, 2.05) is 58.0 Å². The zero-order chi connectivity index (χ0) is 40.0. The van der Waals surface area contributed by atoms with Gasteiger partial charge in [-0.1, -0.05) is 78.8 Å². The van der Waals surface area contributed by atoms with Crippen molar-refractivity contribution in [2.45, 2.75) is 131 Å². The second-order valence-corrected chi connectivity index (χ2v) is 18.0. The molecule has 0 aliphatic carbocycles. The fourth-order valence-electron chi connectivity index (χ4n) is 5.29. The topological polar surface area (TPSA) is 209 Å². The van der Waals surface area contributed by atoms with Crippen molar-refractivity contribution in [1.29, 1.82) is 0 Å². The average molecular weight is 754 g/mol. The lowest BCUT2D eigenvalue weighted by Gasteiger charge is -2.31. The van der Waals surface area contributed by atoms with Crippen LogP contribution < -0.4 is 26.6 Å². The van der Waals surface area contributed by atoms with Crippen LogP contribution in [0.1, 0.15) is 94.1 Å². The number of aliphatic hydroxyl groups excluding tert-OH is 1. The minimum atomic E-state index is -3.54. The highest BCUT2D eigenvalue weighted by atomic mass is 32.2. The molecule has 0 heterocycles. The Morgan fingerprint density at radius 1 is 0.750 bits per heavy atom. The highest BCUT2D eigenvalue weighted by Gasteiger charge is 2.34. The number of hydrogen-bond acceptors (Lipinski definition) is 9. The molecular formula is C37H63N5O9S. The first-order valence-corrected chi connectivity index (χ1v) is 20.0. The van der Waals surface area contributed by atoms with Crippen LogP contribution in [0.5, 0.6) is 0 Å². The van der Waals surface area contributed by atoms with Crippen LogP contribution in [-0.4, -0.2) is 91.1 Å². The first kappa shape index (κ1) is 46.3. The van der Waals surface area contributed by atoms with Gasteiger partial charge in [0.1, 0.15) is 33.6 Å². The third-order valence-corrected chi connectivity index (χ3v) is 9.13. The summed E-state index contributed by atoms with van der Waals surface area (Å²) in [6.07, 6.45) is -1.04. The van der Waals surface area contributed by atoms with Crippen molar-refractivity contribution in [3.63, 3.8) is 0 Å². The summed E-state index contributed by atoms with van der Waals surface area (Å²) >= 11 is 0. The summed E-state index contributed by atoms with van der Waals surface area (Å²) in [4.78, 5) is 65.9. The smallest absolute Gasteiger partial charge is 0.408 e. The Labute approximate surface area is 310 Å². The highest BCUT2D eigenvalue weighted by Crippen LogP contribution is 2.17. The summed E-state index contributed by atoms with van der Waals surface area (Å²) < 4.78 is 29.4. The van der Waals surface area contributed by atoms with Crippen LogP contribution in [0.3, 0.4) is 0 Å². The van der Waals surface area contributed by atoms with Gasteiger partial charge >= 0.3 is 6.09 Å². The number of amides is 5. The summed E-state index contributed by atoms with van der Waals surface area (Å²) in [5.74, 6) is -4.04. The Hall–Kier alpha value is -3.72. The molecule has 5 amide bonds. The van der Waals surface area contributed by atoms with E-state index in [9.17, 15) is 37.5 Å². The van der Waals surface area contributed by atoms with Crippen LogP contribution >= 0.6 is 0 Å². The molecule has 0 radical (unpaired) electrons. The molecule has 296 valence electrons. The highest BCUT2D eigenvalue weighted by molar-refractivity contribution is 7.90. The maximum atomic E-state index is 13.7. The van der Waals surface area contributed by atoms with E-state index in [0.717, 1.165) is 11.8 Å². The quantitative estimate of drug-likeness (QED) is 0.116. The second-order valence-electron chi connectivity index (χ2n) is 15.7. The lowest BCUT2D eigenvalue weighted by Crippen LogP contribution is -2.58. The van der Waals surface area contributed by atoms with Gasteiger partial charge in [-0.15, -0.1) is 0 Å². The summed E-state index contributed by atoms with van der Waals surface area (Å²) in [6, 6.07) is 5.26. The number of alkyl carbamates (subject to hydrolysis) is 1. The molecule has 52 heavy (non-hydrogen) atoms. The Kier molecular flexibility index (Phi) is 18.8. The van der Waals surface area contributed by atoms with E-state index in [2.05, 4.69) is 26.6 Å². The number of rotatable bonds is 20. The van der Waals surface area contributed by atoms with E-state index in [4.69, 9.17) is 4.74 Å². The molecule has 0 aliphatic rings. The van der Waals surface area contributed by atoms with Gasteiger partial charge < -0.3 is 36.4 Å². The number of sulfone groups is 1. The largest absolute Gasteiger partial charge is 0.444 e. The Morgan fingerprint density at radius 2 is 1.31 bits per heavy atom. The van der Waals surface area contributed by atoms with Crippen LogP contribution in [0.25, 0.3) is 0 Å². The molecule has 0 bridgehead atoms. The molecule has 0 spiro atoms. The Morgan fingerprint density at radius 3 is 1.81 bits per heavy atom. The van der Waals surface area contributed by atoms with Crippen molar-refractivity contribution in [3.8, 4) is 0 Å². The van der Waals surface area contributed by atoms with Gasteiger partial charge in [0.15, 0.2) is 0 Å². The number of nitrogens with one attached hydrogen (secondary N) is 5. The van der Waals surface area contributed by atoms with Crippen molar-refractivity contribution in [3.05, 3.63) is 35.9 Å². The van der Waals surface area contributed by atoms with Crippen LogP contribution in [0.15, 0.2) is 30.3 Å². The third-order valence-electron chi connectivity index (χ3n) is 8.15. The zero-order valence-corrected chi connectivity index (χ0v) is 33.6. The average Bonchev–Trinajstić information content (AvgIpc) is 3.01. The maximum Gasteiger partial charge on any atom is 0.408 e. The number of ether oxygens (including phenoxy) is 1. The molecule has 1 aromatic rings. The first-order chi connectivity index (χ1) is 23.9. The summed E-state index contributed by atoms with van der Waals surface area (Å²) in [7, 11) is -3.54. The third kappa shape index (κ3) is 18.2. The van der Waals surface area contributed by atoms with Gasteiger partial charge in [-0.25, -0.2) is 13.2 Å². The normalized spacial score (nSPS) is 15.5. The van der Waals surface area contributed by atoms with E-state index >= 15 is 0 Å². The molecule has 0 aromatic heterocycles. The SMILES string of the molecule is CC(C)C[C@H](NC(=O)C(CCS(C)(=O)=O)NC(=O)[C@@H](NC(=O)OC(C)(C)C)C(C)C)C(O)CC(C)C(=O)N[C@H](C(=O)NCc1ccccc1)C(C)C. The van der Waals surface area contributed by atoms with Crippen molar-refractivity contribution < 1.29 is 42.2 Å². The van der Waals surface area contributed by atoms with Crippen LogP contribution in [0, 0.1) is 23.7 Å². The monoisotopic (exact) mass is 753 g/mol. The van der Waals surface area contributed by atoms with Gasteiger partial charge in [0.05, 0.1) is 17.9 Å². The van der Waals surface area contributed by atoms with Crippen LogP contribution in [0.4, 0.5) is 4.79 Å². The molecule has 15 heteroatoms. The summed E-state index contributed by atoms with van der Waals surface area (Å²) in [5.41, 5.74) is 0.0901. The molecule has 0 saturated heterocycles. The predicted octanol–water partition coefficient (Wildman–Crippen LogP) is 2.83. The molecule has 0 aliphatic heterocycles. The zero-order valence-electron chi connectivity index (χ0n) is 32.7. The van der Waals surface area contributed by atoms with Gasteiger partial charge in [0, 0.05) is 18.7 Å². The van der Waals surface area contributed by atoms with Gasteiger partial charge in [-0.05, 0) is 63.4 Å². The standard InChI is InChI=1S/C37H63N5O9S/c1-22(2)19-28(29(43)20-25(7)32(44)41-30(23(3)4)34(46)38-21-26-15-13-12-14-16-26)40-33(45)27(17-18-52(11,49)50)39-35(47)31(24(5)6)42-36(48)51-37(8,9)10/h12-16,22-25,27-31,43H,17-21H2,1-11H3,(H,38,46)(H,39,47)(H,40,45)(H,41,44)(H,42,48)/t25?,27?,28-,29?,30-,31-/m0/s1. The Balaban J connectivity index is 3.10. The fourth-order valence-corrected chi connectivity index (χ4v) is 5.96. The molecule has 3 unspecified atom stereocenters. The number of benzene rings is 1. The van der Waals surface area contributed by atoms with E-state index in [-0.39, 0.29) is 30.6 Å². The van der Waals surface area contributed by atoms with Crippen molar-refractivity contribution in [2.75, 3.05) is 12.0 Å². The van der Waals surface area contributed by atoms with E-state index in [0.29, 0.717) is 13.0 Å².